The molecular weight excluding hydrogens is 467 g/mol. The Labute approximate surface area is 194 Å². The number of hydrogen-bond acceptors (Lipinski definition) is 6. The summed E-state index contributed by atoms with van der Waals surface area (Å²) in [4.78, 5) is 1.93. The normalized spacial score (nSPS) is 12.3. The molecule has 0 amide bonds. The summed E-state index contributed by atoms with van der Waals surface area (Å²) in [6.07, 6.45) is 0. The molecule has 3 aromatic carbocycles. The summed E-state index contributed by atoms with van der Waals surface area (Å²) in [5, 5.41) is 0. The zero-order valence-electron chi connectivity index (χ0n) is 18.3. The van der Waals surface area contributed by atoms with Crippen LogP contribution in [0.4, 0.5) is 4.39 Å². The lowest BCUT2D eigenvalue weighted by atomic mass is 10.2. The summed E-state index contributed by atoms with van der Waals surface area (Å²) in [7, 11) is -4.12. The average molecular weight is 493 g/mol. The van der Waals surface area contributed by atoms with Crippen molar-refractivity contribution in [3.8, 4) is 5.75 Å². The molecule has 3 aromatic rings. The quantitative estimate of drug-likeness (QED) is 0.404. The van der Waals surface area contributed by atoms with Gasteiger partial charge in [-0.3, -0.25) is 0 Å². The summed E-state index contributed by atoms with van der Waals surface area (Å²) in [6.45, 7) is 0.917. The molecule has 0 atom stereocenters. The lowest BCUT2D eigenvalue weighted by Gasteiger charge is -2.24. The van der Waals surface area contributed by atoms with Gasteiger partial charge in [-0.25, -0.2) is 12.8 Å². The van der Waals surface area contributed by atoms with Crippen molar-refractivity contribution in [1.29, 1.82) is 0 Å². The van der Waals surface area contributed by atoms with Crippen molar-refractivity contribution in [3.63, 3.8) is 0 Å². The largest absolute Gasteiger partial charge is 0.379 e. The van der Waals surface area contributed by atoms with Gasteiger partial charge in [0.25, 0.3) is 0 Å². The lowest BCUT2D eigenvalue weighted by Crippen LogP contribution is -2.36. The van der Waals surface area contributed by atoms with E-state index in [2.05, 4.69) is 0 Å². The van der Waals surface area contributed by atoms with E-state index in [1.807, 2.05) is 19.0 Å². The molecule has 0 bridgehead atoms. The van der Waals surface area contributed by atoms with E-state index in [-0.39, 0.29) is 28.6 Å². The van der Waals surface area contributed by atoms with Gasteiger partial charge in [0.1, 0.15) is 16.5 Å². The Bertz CT molecular complexity index is 1260. The van der Waals surface area contributed by atoms with Gasteiger partial charge in [0.05, 0.1) is 4.90 Å². The van der Waals surface area contributed by atoms with Crippen LogP contribution in [-0.2, 0) is 26.7 Å². The number of halogens is 1. The first-order chi connectivity index (χ1) is 15.6. The Morgan fingerprint density at radius 1 is 0.758 bits per heavy atom. The van der Waals surface area contributed by atoms with Gasteiger partial charge in [0.15, 0.2) is 0 Å². The Hall–Kier alpha value is -2.79. The van der Waals surface area contributed by atoms with E-state index in [0.29, 0.717) is 12.1 Å². The van der Waals surface area contributed by atoms with E-state index in [1.54, 1.807) is 42.5 Å². The van der Waals surface area contributed by atoms with Gasteiger partial charge >= 0.3 is 10.1 Å². The molecule has 0 spiro atoms. The van der Waals surface area contributed by atoms with Crippen LogP contribution in [0.1, 0.15) is 5.56 Å². The SMILES string of the molecule is CN(C)CCN(Cc1ccc(OS(=O)(=O)c2ccc(F)cc2)cc1)S(=O)(=O)c1ccccc1. The molecular formula is C23H25FN2O5S2. The first-order valence-corrected chi connectivity index (χ1v) is 12.9. The molecule has 0 fully saturated rings. The standard InChI is InChI=1S/C23H25FN2O5S2/c1-25(2)16-17-26(32(27,28)22-6-4-3-5-7-22)18-19-8-12-21(13-9-19)31-33(29,30)23-14-10-20(24)11-15-23/h3-15H,16-18H2,1-2H3. The fraction of sp³-hybridized carbons (Fsp3) is 0.217. The van der Waals surface area contributed by atoms with Gasteiger partial charge in [0, 0.05) is 19.6 Å². The van der Waals surface area contributed by atoms with Crippen LogP contribution < -0.4 is 4.18 Å². The molecule has 0 N–H and O–H groups in total. The van der Waals surface area contributed by atoms with Crippen LogP contribution in [0.25, 0.3) is 0 Å². The van der Waals surface area contributed by atoms with Crippen molar-refractivity contribution in [3.05, 3.63) is 90.2 Å². The highest BCUT2D eigenvalue weighted by molar-refractivity contribution is 7.89. The van der Waals surface area contributed by atoms with Crippen LogP contribution in [0.15, 0.2) is 88.7 Å². The number of hydrogen-bond donors (Lipinski definition) is 0. The highest BCUT2D eigenvalue weighted by Gasteiger charge is 2.24. The summed E-state index contributed by atoms with van der Waals surface area (Å²) < 4.78 is 70.6. The van der Waals surface area contributed by atoms with Crippen LogP contribution in [0.2, 0.25) is 0 Å². The second kappa shape index (κ2) is 10.4. The van der Waals surface area contributed by atoms with Crippen molar-refractivity contribution in [1.82, 2.24) is 9.21 Å². The highest BCUT2D eigenvalue weighted by Crippen LogP contribution is 2.22. The van der Waals surface area contributed by atoms with Gasteiger partial charge < -0.3 is 9.08 Å². The van der Waals surface area contributed by atoms with E-state index in [1.165, 1.54) is 16.4 Å². The third-order valence-corrected chi connectivity index (χ3v) is 7.89. The molecule has 176 valence electrons. The van der Waals surface area contributed by atoms with Crippen LogP contribution >= 0.6 is 0 Å². The van der Waals surface area contributed by atoms with Crippen molar-refractivity contribution < 1.29 is 25.4 Å². The fourth-order valence-electron chi connectivity index (χ4n) is 2.97. The van der Waals surface area contributed by atoms with E-state index in [0.717, 1.165) is 24.3 Å². The summed E-state index contributed by atoms with van der Waals surface area (Å²) >= 11 is 0. The predicted octanol–water partition coefficient (Wildman–Crippen LogP) is 3.35. The molecule has 3 rings (SSSR count). The third-order valence-electron chi connectivity index (χ3n) is 4.77. The van der Waals surface area contributed by atoms with Crippen molar-refractivity contribution in [2.75, 3.05) is 27.2 Å². The summed E-state index contributed by atoms with van der Waals surface area (Å²) in [5.74, 6) is -0.489. The van der Waals surface area contributed by atoms with Crippen LogP contribution in [0.5, 0.6) is 5.75 Å². The minimum atomic E-state index is -4.12. The number of benzene rings is 3. The smallest absolute Gasteiger partial charge is 0.339 e. The molecule has 0 aliphatic carbocycles. The molecule has 10 heteroatoms. The van der Waals surface area contributed by atoms with E-state index in [9.17, 15) is 21.2 Å². The zero-order chi connectivity index (χ0) is 24.1. The molecule has 33 heavy (non-hydrogen) atoms. The van der Waals surface area contributed by atoms with Gasteiger partial charge in [-0.2, -0.15) is 12.7 Å². The van der Waals surface area contributed by atoms with E-state index in [4.69, 9.17) is 4.18 Å². The maximum atomic E-state index is 13.2. The minimum absolute atomic E-state index is 0.0637. The molecule has 0 aliphatic rings. The molecule has 0 aromatic heterocycles. The molecule has 0 unspecified atom stereocenters. The van der Waals surface area contributed by atoms with Gasteiger partial charge in [-0.1, -0.05) is 30.3 Å². The molecule has 0 heterocycles. The highest BCUT2D eigenvalue weighted by atomic mass is 32.2. The van der Waals surface area contributed by atoms with Crippen LogP contribution in [0, 0.1) is 5.82 Å². The first-order valence-electron chi connectivity index (χ1n) is 10.1. The number of sulfonamides is 1. The lowest BCUT2D eigenvalue weighted by molar-refractivity contribution is 0.329. The predicted molar refractivity (Wildman–Crippen MR) is 123 cm³/mol. The van der Waals surface area contributed by atoms with Crippen molar-refractivity contribution in [2.24, 2.45) is 0 Å². The fourth-order valence-corrected chi connectivity index (χ4v) is 5.34. The first kappa shape index (κ1) is 24.8. The Kier molecular flexibility index (Phi) is 7.85. The van der Waals surface area contributed by atoms with Crippen molar-refractivity contribution >= 4 is 20.1 Å². The van der Waals surface area contributed by atoms with Gasteiger partial charge in [0.2, 0.25) is 10.0 Å². The minimum Gasteiger partial charge on any atom is -0.379 e. The second-order valence-electron chi connectivity index (χ2n) is 7.59. The van der Waals surface area contributed by atoms with Crippen molar-refractivity contribution in [2.45, 2.75) is 16.3 Å². The Morgan fingerprint density at radius 3 is 1.94 bits per heavy atom. The monoisotopic (exact) mass is 492 g/mol. The number of rotatable bonds is 10. The Balaban J connectivity index is 1.78. The average Bonchev–Trinajstić information content (AvgIpc) is 2.78. The second-order valence-corrected chi connectivity index (χ2v) is 11.1. The van der Waals surface area contributed by atoms with Gasteiger partial charge in [-0.15, -0.1) is 0 Å². The Morgan fingerprint density at radius 2 is 1.36 bits per heavy atom. The maximum Gasteiger partial charge on any atom is 0.339 e. The molecule has 7 nitrogen and oxygen atoms in total. The van der Waals surface area contributed by atoms with Gasteiger partial charge in [-0.05, 0) is 68.2 Å². The van der Waals surface area contributed by atoms with Crippen LogP contribution in [-0.4, -0.2) is 53.2 Å². The number of nitrogens with zero attached hydrogens (tertiary/aromatic N) is 2. The molecule has 0 aliphatic heterocycles. The maximum absolute atomic E-state index is 13.2. The third kappa shape index (κ3) is 6.61. The molecule has 0 radical (unpaired) electrons. The van der Waals surface area contributed by atoms with E-state index >= 15 is 0 Å². The molecule has 0 saturated carbocycles. The van der Waals surface area contributed by atoms with E-state index < -0.39 is 26.0 Å². The van der Waals surface area contributed by atoms with Crippen LogP contribution in [0.3, 0.4) is 0 Å². The summed E-state index contributed by atoms with van der Waals surface area (Å²) in [6, 6.07) is 18.6. The topological polar surface area (TPSA) is 84.0 Å². The number of likely N-dealkylation sites (N-methyl/N-ethyl adjacent to an activating group) is 1. The summed E-state index contributed by atoms with van der Waals surface area (Å²) in [5.41, 5.74) is 0.666. The molecule has 0 saturated heterocycles. The zero-order valence-corrected chi connectivity index (χ0v) is 19.9.